The zero-order valence-corrected chi connectivity index (χ0v) is 5.90. The van der Waals surface area contributed by atoms with E-state index in [9.17, 15) is 4.79 Å². The van der Waals surface area contributed by atoms with Gasteiger partial charge in [-0.25, -0.2) is 0 Å². The first-order valence-corrected chi connectivity index (χ1v) is 3.17. The fourth-order valence-electron chi connectivity index (χ4n) is 0.662. The van der Waals surface area contributed by atoms with Gasteiger partial charge in [0.15, 0.2) is 0 Å². The molecule has 1 heterocycles. The summed E-state index contributed by atoms with van der Waals surface area (Å²) in [7, 11) is 0. The van der Waals surface area contributed by atoms with E-state index in [-0.39, 0.29) is 0 Å². The smallest absolute Gasteiger partial charge is 0.248 e. The molecule has 0 aromatic carbocycles. The Morgan fingerprint density at radius 2 is 2.27 bits per heavy atom. The highest BCUT2D eigenvalue weighted by atomic mass is 16.1. The van der Waals surface area contributed by atoms with E-state index in [0.717, 1.165) is 0 Å². The third-order valence-corrected chi connectivity index (χ3v) is 1.18. The van der Waals surface area contributed by atoms with Gasteiger partial charge in [0.25, 0.3) is 0 Å². The van der Waals surface area contributed by atoms with Crippen molar-refractivity contribution in [3.05, 3.63) is 36.1 Å². The minimum Gasteiger partial charge on any atom is -0.366 e. The second-order valence-electron chi connectivity index (χ2n) is 1.99. The van der Waals surface area contributed by atoms with E-state index in [1.807, 2.05) is 0 Å². The molecule has 0 radical (unpaired) electrons. The van der Waals surface area contributed by atoms with Gasteiger partial charge >= 0.3 is 0 Å². The molecular weight excluding hydrogens is 140 g/mol. The van der Waals surface area contributed by atoms with Crippen LogP contribution in [0.3, 0.4) is 0 Å². The molecule has 0 spiro atoms. The first-order valence-electron chi connectivity index (χ1n) is 3.17. The molecule has 0 saturated heterocycles. The van der Waals surface area contributed by atoms with Crippen LogP contribution >= 0.6 is 0 Å². The van der Waals surface area contributed by atoms with Crippen LogP contribution in [0.25, 0.3) is 0 Å². The Balaban J connectivity index is 2.87. The first-order chi connectivity index (χ1) is 5.30. The van der Waals surface area contributed by atoms with E-state index in [2.05, 4.69) is 4.99 Å². The number of rotatable bonds is 1. The van der Waals surface area contributed by atoms with Crippen molar-refractivity contribution in [3.8, 4) is 0 Å². The summed E-state index contributed by atoms with van der Waals surface area (Å²) in [5, 5.41) is 0. The van der Waals surface area contributed by atoms with Crippen LogP contribution in [0.1, 0.15) is 0 Å². The summed E-state index contributed by atoms with van der Waals surface area (Å²) in [5.41, 5.74) is 5.53. The minimum absolute atomic E-state index is 0.429. The van der Waals surface area contributed by atoms with E-state index in [0.29, 0.717) is 5.57 Å². The van der Waals surface area contributed by atoms with Crippen LogP contribution in [0.5, 0.6) is 0 Å². The topological polar surface area (TPSA) is 55.5 Å². The molecule has 1 aliphatic heterocycles. The monoisotopic (exact) mass is 148 g/mol. The third kappa shape index (κ3) is 2.21. The Hall–Kier alpha value is -1.64. The Labute approximate surface area is 64.6 Å². The van der Waals surface area contributed by atoms with Crippen molar-refractivity contribution in [3.63, 3.8) is 0 Å². The molecule has 0 aliphatic carbocycles. The Morgan fingerprint density at radius 3 is 3.00 bits per heavy atom. The molecular formula is C8H8N2O. The number of amides is 1. The minimum atomic E-state index is -0.429. The van der Waals surface area contributed by atoms with Crippen molar-refractivity contribution in [1.82, 2.24) is 0 Å². The number of nitrogens with two attached hydrogens (primary N) is 1. The second-order valence-corrected chi connectivity index (χ2v) is 1.99. The van der Waals surface area contributed by atoms with Gasteiger partial charge in [-0.2, -0.15) is 0 Å². The van der Waals surface area contributed by atoms with Crippen LogP contribution in [0.2, 0.25) is 0 Å². The summed E-state index contributed by atoms with van der Waals surface area (Å²) in [5.74, 6) is -0.429. The normalized spacial score (nSPS) is 18.4. The molecule has 3 heteroatoms. The molecule has 56 valence electrons. The predicted octanol–water partition coefficient (Wildman–Crippen LogP) is 0.552. The van der Waals surface area contributed by atoms with Crippen molar-refractivity contribution in [1.29, 1.82) is 0 Å². The molecule has 11 heavy (non-hydrogen) atoms. The molecule has 0 unspecified atom stereocenters. The van der Waals surface area contributed by atoms with Gasteiger partial charge < -0.3 is 5.73 Å². The molecule has 3 nitrogen and oxygen atoms in total. The summed E-state index contributed by atoms with van der Waals surface area (Å²) in [4.78, 5) is 14.5. The van der Waals surface area contributed by atoms with Crippen molar-refractivity contribution in [2.45, 2.75) is 0 Å². The van der Waals surface area contributed by atoms with Gasteiger partial charge in [-0.15, -0.1) is 0 Å². The number of nitrogens with zero attached hydrogens (tertiary/aromatic N) is 1. The third-order valence-electron chi connectivity index (χ3n) is 1.18. The Kier molecular flexibility index (Phi) is 2.38. The number of hydrogen-bond donors (Lipinski definition) is 1. The van der Waals surface area contributed by atoms with Crippen molar-refractivity contribution in [2.24, 2.45) is 10.7 Å². The number of carbonyl (C=O) groups is 1. The Bertz CT molecular complexity index is 272. The standard InChI is InChI=1S/C8H8N2O/c9-8(11)7-3-1-5-10-6-2-4-7/h1-6H,(H2,9,11)/b3-1?,4-2?,5-1-,6-2?,7-3?,7-4?,10-5?,10-6?. The lowest BCUT2D eigenvalue weighted by Gasteiger charge is -1.92. The molecule has 0 atom stereocenters. The number of aliphatic imine (C=N–C) groups is 1. The summed E-state index contributed by atoms with van der Waals surface area (Å²) in [6.07, 6.45) is 9.75. The fourth-order valence-corrected chi connectivity index (χ4v) is 0.662. The lowest BCUT2D eigenvalue weighted by atomic mass is 10.2. The van der Waals surface area contributed by atoms with Crippen LogP contribution in [0, 0.1) is 0 Å². The van der Waals surface area contributed by atoms with Crippen molar-refractivity contribution >= 4 is 12.1 Å². The summed E-state index contributed by atoms with van der Waals surface area (Å²) < 4.78 is 0. The average Bonchev–Trinajstić information content (AvgIpc) is 1.84. The molecule has 2 N–H and O–H groups in total. The molecule has 1 rings (SSSR count). The maximum Gasteiger partial charge on any atom is 0.248 e. The molecule has 1 amide bonds. The van der Waals surface area contributed by atoms with Gasteiger partial charge in [0, 0.05) is 18.0 Å². The summed E-state index contributed by atoms with van der Waals surface area (Å²) >= 11 is 0. The molecule has 0 aromatic heterocycles. The van der Waals surface area contributed by atoms with Crippen LogP contribution < -0.4 is 5.73 Å². The molecule has 0 saturated carbocycles. The Morgan fingerprint density at radius 1 is 1.45 bits per heavy atom. The SMILES string of the molecule is NC(=O)C1=C/C=C\N=CC=C1. The van der Waals surface area contributed by atoms with E-state index < -0.39 is 5.91 Å². The zero-order valence-electron chi connectivity index (χ0n) is 5.90. The number of hydrogen-bond acceptors (Lipinski definition) is 2. The quantitative estimate of drug-likeness (QED) is 0.580. The fraction of sp³-hybridized carbons (Fsp3) is 0. The largest absolute Gasteiger partial charge is 0.366 e. The lowest BCUT2D eigenvalue weighted by molar-refractivity contribution is -0.114. The highest BCUT2D eigenvalue weighted by Crippen LogP contribution is 1.97. The van der Waals surface area contributed by atoms with Gasteiger partial charge in [0.05, 0.1) is 0 Å². The van der Waals surface area contributed by atoms with Crippen LogP contribution in [0.15, 0.2) is 41.1 Å². The van der Waals surface area contributed by atoms with Crippen LogP contribution in [-0.4, -0.2) is 12.1 Å². The molecule has 0 fully saturated rings. The van der Waals surface area contributed by atoms with Crippen molar-refractivity contribution in [2.75, 3.05) is 0 Å². The van der Waals surface area contributed by atoms with E-state index in [4.69, 9.17) is 5.73 Å². The molecule has 0 bridgehead atoms. The zero-order chi connectivity index (χ0) is 8.10. The number of carbonyl (C=O) groups excluding carboxylic acids is 1. The predicted molar refractivity (Wildman–Crippen MR) is 44.0 cm³/mol. The van der Waals surface area contributed by atoms with E-state index in [1.165, 1.54) is 0 Å². The first kappa shape index (κ1) is 7.47. The molecule has 1 aliphatic rings. The van der Waals surface area contributed by atoms with Gasteiger partial charge in [-0.3, -0.25) is 9.79 Å². The van der Waals surface area contributed by atoms with Gasteiger partial charge in [0.2, 0.25) is 5.91 Å². The van der Waals surface area contributed by atoms with Crippen molar-refractivity contribution < 1.29 is 4.79 Å². The van der Waals surface area contributed by atoms with Crippen LogP contribution in [-0.2, 0) is 4.79 Å². The van der Waals surface area contributed by atoms with Gasteiger partial charge in [-0.05, 0) is 24.3 Å². The van der Waals surface area contributed by atoms with E-state index >= 15 is 0 Å². The maximum atomic E-state index is 10.6. The average molecular weight is 148 g/mol. The maximum absolute atomic E-state index is 10.6. The number of allylic oxidation sites excluding steroid dienone is 3. The second kappa shape index (κ2) is 3.51. The van der Waals surface area contributed by atoms with Gasteiger partial charge in [0.1, 0.15) is 0 Å². The van der Waals surface area contributed by atoms with Gasteiger partial charge in [-0.1, -0.05) is 0 Å². The molecule has 0 aromatic rings. The van der Waals surface area contributed by atoms with Crippen LogP contribution in [0.4, 0.5) is 0 Å². The van der Waals surface area contributed by atoms with E-state index in [1.54, 1.807) is 36.7 Å². The summed E-state index contributed by atoms with van der Waals surface area (Å²) in [6, 6.07) is 0. The summed E-state index contributed by atoms with van der Waals surface area (Å²) in [6.45, 7) is 0. The highest BCUT2D eigenvalue weighted by Gasteiger charge is 1.97. The lowest BCUT2D eigenvalue weighted by Crippen LogP contribution is -2.12. The highest BCUT2D eigenvalue weighted by molar-refractivity contribution is 5.96. The number of primary amides is 1.